The minimum Gasteiger partial charge on any atom is -0.459 e. The minimum absolute atomic E-state index is 0.144. The Bertz CT molecular complexity index is 901. The van der Waals surface area contributed by atoms with E-state index < -0.39 is 5.91 Å². The zero-order valence-electron chi connectivity index (χ0n) is 14.7. The molecular formula is C22H20N2O3. The van der Waals surface area contributed by atoms with Crippen LogP contribution in [-0.2, 0) is 11.2 Å². The molecular weight excluding hydrogens is 340 g/mol. The first-order valence-electron chi connectivity index (χ1n) is 8.66. The molecule has 2 amide bonds. The van der Waals surface area contributed by atoms with Crippen molar-refractivity contribution in [2.45, 2.75) is 6.42 Å². The maximum Gasteiger partial charge on any atom is 0.291 e. The Kier molecular flexibility index (Phi) is 6.20. The van der Waals surface area contributed by atoms with E-state index in [0.29, 0.717) is 13.0 Å². The second kappa shape index (κ2) is 9.20. The molecule has 2 N–H and O–H groups in total. The van der Waals surface area contributed by atoms with Crippen LogP contribution in [0.1, 0.15) is 21.7 Å². The van der Waals surface area contributed by atoms with Crippen LogP contribution in [-0.4, -0.2) is 18.4 Å². The van der Waals surface area contributed by atoms with Gasteiger partial charge in [0.25, 0.3) is 11.8 Å². The van der Waals surface area contributed by atoms with E-state index in [4.69, 9.17) is 4.42 Å². The van der Waals surface area contributed by atoms with Crippen LogP contribution in [0.3, 0.4) is 0 Å². The van der Waals surface area contributed by atoms with Gasteiger partial charge in [0, 0.05) is 6.54 Å². The first kappa shape index (κ1) is 18.2. The molecule has 5 nitrogen and oxygen atoms in total. The maximum atomic E-state index is 12.6. The topological polar surface area (TPSA) is 71.3 Å². The van der Waals surface area contributed by atoms with Crippen molar-refractivity contribution in [3.63, 3.8) is 0 Å². The summed E-state index contributed by atoms with van der Waals surface area (Å²) >= 11 is 0. The van der Waals surface area contributed by atoms with E-state index in [-0.39, 0.29) is 17.4 Å². The van der Waals surface area contributed by atoms with Gasteiger partial charge in [-0.15, -0.1) is 0 Å². The van der Waals surface area contributed by atoms with Crippen molar-refractivity contribution in [1.82, 2.24) is 10.6 Å². The summed E-state index contributed by atoms with van der Waals surface area (Å²) in [6.07, 6.45) is 3.76. The second-order valence-corrected chi connectivity index (χ2v) is 5.89. The fraction of sp³-hybridized carbons (Fsp3) is 0.0909. The number of hydrogen-bond donors (Lipinski definition) is 2. The molecule has 0 spiro atoms. The zero-order valence-corrected chi connectivity index (χ0v) is 14.7. The number of benzene rings is 2. The standard InChI is InChI=1S/C22H20N2O3/c25-21(23-14-13-17-8-3-1-4-9-17)19(16-18-10-5-2-6-11-18)24-22(26)20-12-7-15-27-20/h1-12,15-16H,13-14H2,(H,23,25)(H,24,26)/b19-16-. The Hall–Kier alpha value is -3.60. The fourth-order valence-electron chi connectivity index (χ4n) is 2.53. The molecule has 1 aromatic heterocycles. The van der Waals surface area contributed by atoms with E-state index in [1.165, 1.54) is 6.26 Å². The molecule has 0 saturated carbocycles. The largest absolute Gasteiger partial charge is 0.459 e. The molecule has 0 atom stereocenters. The van der Waals surface area contributed by atoms with Gasteiger partial charge in [-0.2, -0.15) is 0 Å². The zero-order chi connectivity index (χ0) is 18.9. The van der Waals surface area contributed by atoms with Gasteiger partial charge in [0.05, 0.1) is 6.26 Å². The molecule has 0 saturated heterocycles. The summed E-state index contributed by atoms with van der Waals surface area (Å²) in [5, 5.41) is 5.48. The molecule has 0 bridgehead atoms. The Morgan fingerprint density at radius 3 is 2.26 bits per heavy atom. The van der Waals surface area contributed by atoms with Crippen molar-refractivity contribution < 1.29 is 14.0 Å². The number of carbonyl (C=O) groups excluding carboxylic acids is 2. The molecule has 27 heavy (non-hydrogen) atoms. The molecule has 0 aliphatic rings. The Balaban J connectivity index is 1.69. The molecule has 136 valence electrons. The van der Waals surface area contributed by atoms with E-state index in [0.717, 1.165) is 11.1 Å². The van der Waals surface area contributed by atoms with E-state index in [1.807, 2.05) is 60.7 Å². The third-order valence-electron chi connectivity index (χ3n) is 3.89. The van der Waals surface area contributed by atoms with Gasteiger partial charge in [-0.25, -0.2) is 0 Å². The summed E-state index contributed by atoms with van der Waals surface area (Å²) < 4.78 is 5.09. The van der Waals surface area contributed by atoms with E-state index in [1.54, 1.807) is 18.2 Å². The van der Waals surface area contributed by atoms with E-state index in [2.05, 4.69) is 10.6 Å². The van der Waals surface area contributed by atoms with Crippen LogP contribution in [0.15, 0.2) is 89.2 Å². The van der Waals surface area contributed by atoms with Crippen LogP contribution >= 0.6 is 0 Å². The van der Waals surface area contributed by atoms with Crippen molar-refractivity contribution in [3.05, 3.63) is 102 Å². The normalized spacial score (nSPS) is 11.0. The van der Waals surface area contributed by atoms with Crippen LogP contribution in [0.4, 0.5) is 0 Å². The predicted molar refractivity (Wildman–Crippen MR) is 104 cm³/mol. The highest BCUT2D eigenvalue weighted by Crippen LogP contribution is 2.07. The van der Waals surface area contributed by atoms with Crippen molar-refractivity contribution in [3.8, 4) is 0 Å². The lowest BCUT2D eigenvalue weighted by atomic mass is 10.1. The van der Waals surface area contributed by atoms with Crippen LogP contribution in [0.5, 0.6) is 0 Å². The molecule has 5 heteroatoms. The minimum atomic E-state index is -0.472. The number of amides is 2. The number of rotatable bonds is 7. The number of carbonyl (C=O) groups is 2. The Morgan fingerprint density at radius 1 is 0.889 bits per heavy atom. The molecule has 0 radical (unpaired) electrons. The Morgan fingerprint density at radius 2 is 1.59 bits per heavy atom. The molecule has 1 heterocycles. The first-order chi connectivity index (χ1) is 13.2. The molecule has 0 unspecified atom stereocenters. The maximum absolute atomic E-state index is 12.6. The quantitative estimate of drug-likeness (QED) is 0.634. The van der Waals surface area contributed by atoms with Crippen molar-refractivity contribution in [2.75, 3.05) is 6.54 Å². The van der Waals surface area contributed by atoms with E-state index in [9.17, 15) is 9.59 Å². The second-order valence-electron chi connectivity index (χ2n) is 5.89. The summed E-state index contributed by atoms with van der Waals surface area (Å²) in [5.74, 6) is -0.680. The molecule has 0 aliphatic carbocycles. The van der Waals surface area contributed by atoms with Gasteiger partial charge in [-0.1, -0.05) is 60.7 Å². The average molecular weight is 360 g/mol. The Labute approximate surface area is 157 Å². The molecule has 0 fully saturated rings. The van der Waals surface area contributed by atoms with Crippen molar-refractivity contribution in [1.29, 1.82) is 0 Å². The van der Waals surface area contributed by atoms with Crippen LogP contribution in [0, 0.1) is 0 Å². The lowest BCUT2D eigenvalue weighted by Crippen LogP contribution is -2.35. The summed E-state index contributed by atoms with van der Waals surface area (Å²) in [6, 6.07) is 22.4. The van der Waals surface area contributed by atoms with Crippen molar-refractivity contribution >= 4 is 17.9 Å². The predicted octanol–water partition coefficient (Wildman–Crippen LogP) is 3.41. The van der Waals surface area contributed by atoms with Gasteiger partial charge in [-0.3, -0.25) is 9.59 Å². The lowest BCUT2D eigenvalue weighted by molar-refractivity contribution is -0.117. The monoisotopic (exact) mass is 360 g/mol. The number of nitrogens with one attached hydrogen (secondary N) is 2. The van der Waals surface area contributed by atoms with Gasteiger partial charge in [0.15, 0.2) is 5.76 Å². The van der Waals surface area contributed by atoms with Gasteiger partial charge in [0.1, 0.15) is 5.70 Å². The molecule has 3 rings (SSSR count). The highest BCUT2D eigenvalue weighted by atomic mass is 16.3. The molecule has 3 aromatic rings. The summed E-state index contributed by atoms with van der Waals surface area (Å²) in [7, 11) is 0. The van der Waals surface area contributed by atoms with Crippen LogP contribution < -0.4 is 10.6 Å². The van der Waals surface area contributed by atoms with Gasteiger partial charge < -0.3 is 15.1 Å². The van der Waals surface area contributed by atoms with E-state index >= 15 is 0 Å². The number of hydrogen-bond acceptors (Lipinski definition) is 3. The third-order valence-corrected chi connectivity index (χ3v) is 3.89. The first-order valence-corrected chi connectivity index (χ1v) is 8.66. The van der Waals surface area contributed by atoms with Crippen LogP contribution in [0.2, 0.25) is 0 Å². The fourth-order valence-corrected chi connectivity index (χ4v) is 2.53. The summed E-state index contributed by atoms with van der Waals surface area (Å²) in [4.78, 5) is 24.9. The molecule has 2 aromatic carbocycles. The number of furan rings is 1. The summed E-state index contributed by atoms with van der Waals surface area (Å²) in [6.45, 7) is 0.464. The third kappa shape index (κ3) is 5.44. The lowest BCUT2D eigenvalue weighted by Gasteiger charge is -2.10. The SMILES string of the molecule is O=C(NCCc1ccccc1)/C(=C/c1ccccc1)NC(=O)c1ccco1. The highest BCUT2D eigenvalue weighted by molar-refractivity contribution is 6.04. The summed E-state index contributed by atoms with van der Waals surface area (Å²) in [5.41, 5.74) is 2.10. The van der Waals surface area contributed by atoms with Crippen molar-refractivity contribution in [2.24, 2.45) is 0 Å². The van der Waals surface area contributed by atoms with Gasteiger partial charge in [-0.05, 0) is 35.8 Å². The van der Waals surface area contributed by atoms with Gasteiger partial charge in [0.2, 0.25) is 0 Å². The average Bonchev–Trinajstić information content (AvgIpc) is 3.24. The molecule has 0 aliphatic heterocycles. The highest BCUT2D eigenvalue weighted by Gasteiger charge is 2.16. The van der Waals surface area contributed by atoms with Crippen LogP contribution in [0.25, 0.3) is 6.08 Å². The van der Waals surface area contributed by atoms with Gasteiger partial charge >= 0.3 is 0 Å². The smallest absolute Gasteiger partial charge is 0.291 e.